The summed E-state index contributed by atoms with van der Waals surface area (Å²) in [4.78, 5) is 7.19. The van der Waals surface area contributed by atoms with E-state index in [1.54, 1.807) is 0 Å². The van der Waals surface area contributed by atoms with Crippen molar-refractivity contribution < 1.29 is 8.78 Å². The number of hydrogen-bond acceptors (Lipinski definition) is 1. The van der Waals surface area contributed by atoms with Crippen molar-refractivity contribution >= 4 is 12.6 Å². The number of halogens is 2. The van der Waals surface area contributed by atoms with Gasteiger partial charge >= 0.3 is 0 Å². The summed E-state index contributed by atoms with van der Waals surface area (Å²) in [6.45, 7) is 8.06. The van der Waals surface area contributed by atoms with Crippen molar-refractivity contribution in [2.75, 3.05) is 0 Å². The van der Waals surface area contributed by atoms with E-state index < -0.39 is 11.6 Å². The van der Waals surface area contributed by atoms with E-state index in [1.807, 2.05) is 0 Å². The average Bonchev–Trinajstić information content (AvgIpc) is 2.20. The molecule has 0 unspecified atom stereocenters. The Hall–Kier alpha value is -1.84. The lowest BCUT2D eigenvalue weighted by atomic mass is 10.1. The van der Waals surface area contributed by atoms with Crippen LogP contribution in [0.5, 0.6) is 0 Å². The topological polar surface area (TPSA) is 24.7 Å². The smallest absolute Gasteiger partial charge is 0.161 e. The Morgan fingerprint density at radius 3 is 2.53 bits per heavy atom. The Bertz CT molecular complexity index is 436. The van der Waals surface area contributed by atoms with Gasteiger partial charge in [-0.25, -0.2) is 18.8 Å². The lowest BCUT2D eigenvalue weighted by Gasteiger charge is -2.04. The Morgan fingerprint density at radius 1 is 1.33 bits per heavy atom. The Morgan fingerprint density at radius 2 is 2.00 bits per heavy atom. The van der Waals surface area contributed by atoms with Crippen molar-refractivity contribution in [2.24, 2.45) is 9.98 Å². The Labute approximate surface area is 86.7 Å². The monoisotopic (exact) mass is 208 g/mol. The Kier molecular flexibility index (Phi) is 3.44. The van der Waals surface area contributed by atoms with Gasteiger partial charge in [0.2, 0.25) is 0 Å². The van der Waals surface area contributed by atoms with Crippen LogP contribution in [0.3, 0.4) is 0 Å². The molecule has 0 radical (unpaired) electrons. The van der Waals surface area contributed by atoms with Crippen LogP contribution in [0.15, 0.2) is 34.9 Å². The first kappa shape index (κ1) is 11.2. The summed E-state index contributed by atoms with van der Waals surface area (Å²) in [5.41, 5.74) is 0.214. The van der Waals surface area contributed by atoms with Gasteiger partial charge in [0, 0.05) is 6.20 Å². The van der Waals surface area contributed by atoms with Crippen LogP contribution in [0.4, 0.5) is 8.78 Å². The second kappa shape index (κ2) is 4.59. The molecule has 15 heavy (non-hydrogen) atoms. The van der Waals surface area contributed by atoms with E-state index in [4.69, 9.17) is 0 Å². The molecule has 0 heterocycles. The molecule has 0 N–H and O–H groups in total. The first-order valence-corrected chi connectivity index (χ1v) is 4.21. The van der Waals surface area contributed by atoms with Gasteiger partial charge in [-0.2, -0.15) is 0 Å². The van der Waals surface area contributed by atoms with E-state index in [9.17, 15) is 8.78 Å². The molecule has 0 fully saturated rings. The number of amidine groups is 1. The molecule has 4 heteroatoms. The molecular weight excluding hydrogens is 198 g/mol. The van der Waals surface area contributed by atoms with Crippen molar-refractivity contribution in [2.45, 2.75) is 6.92 Å². The zero-order chi connectivity index (χ0) is 11.4. The van der Waals surface area contributed by atoms with Crippen LogP contribution < -0.4 is 0 Å². The molecule has 0 bridgehead atoms. The van der Waals surface area contributed by atoms with E-state index in [2.05, 4.69) is 23.3 Å². The molecular formula is C11H10F2N2. The van der Waals surface area contributed by atoms with Crippen molar-refractivity contribution in [1.29, 1.82) is 0 Å². The molecule has 0 saturated carbocycles. The van der Waals surface area contributed by atoms with Crippen molar-refractivity contribution in [3.8, 4) is 0 Å². The molecule has 0 aliphatic carbocycles. The molecule has 0 amide bonds. The van der Waals surface area contributed by atoms with Gasteiger partial charge in [0.1, 0.15) is 11.6 Å². The van der Waals surface area contributed by atoms with E-state index >= 15 is 0 Å². The molecule has 78 valence electrons. The van der Waals surface area contributed by atoms with Gasteiger partial charge in [0.25, 0.3) is 0 Å². The first-order chi connectivity index (χ1) is 7.10. The normalized spacial score (nSPS) is 11.3. The minimum Gasteiger partial charge on any atom is -0.244 e. The summed E-state index contributed by atoms with van der Waals surface area (Å²) in [5, 5.41) is 0. The van der Waals surface area contributed by atoms with Crippen molar-refractivity contribution in [1.82, 2.24) is 0 Å². The van der Waals surface area contributed by atoms with E-state index in [1.165, 1.54) is 13.1 Å². The summed E-state index contributed by atoms with van der Waals surface area (Å²) < 4.78 is 26.6. The van der Waals surface area contributed by atoms with Gasteiger partial charge in [0.05, 0.1) is 5.56 Å². The molecule has 0 aliphatic heterocycles. The number of hydrogen-bond donors (Lipinski definition) is 0. The van der Waals surface area contributed by atoms with Gasteiger partial charge in [-0.1, -0.05) is 6.58 Å². The lowest BCUT2D eigenvalue weighted by Crippen LogP contribution is -2.02. The van der Waals surface area contributed by atoms with Crippen LogP contribution in [-0.4, -0.2) is 12.6 Å². The fraction of sp³-hybridized carbons (Fsp3) is 0.0909. The maximum absolute atomic E-state index is 13.4. The van der Waals surface area contributed by atoms with Crippen LogP contribution in [-0.2, 0) is 0 Å². The van der Waals surface area contributed by atoms with Crippen LogP contribution in [0.2, 0.25) is 0 Å². The zero-order valence-corrected chi connectivity index (χ0v) is 8.30. The molecule has 2 nitrogen and oxygen atoms in total. The third kappa shape index (κ3) is 2.34. The highest BCUT2D eigenvalue weighted by molar-refractivity contribution is 6.01. The quantitative estimate of drug-likeness (QED) is 0.527. The predicted octanol–water partition coefficient (Wildman–Crippen LogP) is 2.86. The summed E-state index contributed by atoms with van der Waals surface area (Å²) >= 11 is 0. The number of nitrogens with zero attached hydrogens (tertiary/aromatic N) is 2. The number of aryl methyl sites for hydroxylation is 1. The van der Waals surface area contributed by atoms with Crippen molar-refractivity contribution in [3.63, 3.8) is 0 Å². The number of benzene rings is 1. The van der Waals surface area contributed by atoms with Crippen LogP contribution in [0, 0.1) is 18.6 Å². The average molecular weight is 208 g/mol. The SMILES string of the molecule is C=CN=C(N=C)c1cc(F)c(C)cc1F. The van der Waals surface area contributed by atoms with Crippen LogP contribution in [0.25, 0.3) is 0 Å². The highest BCUT2D eigenvalue weighted by Gasteiger charge is 2.11. The number of aliphatic imine (C=N–C) groups is 2. The molecule has 1 aromatic carbocycles. The molecule has 0 aromatic heterocycles. The predicted molar refractivity (Wildman–Crippen MR) is 57.4 cm³/mol. The summed E-state index contributed by atoms with van der Waals surface area (Å²) in [7, 11) is 0. The third-order valence-electron chi connectivity index (χ3n) is 1.85. The molecule has 0 saturated heterocycles. The second-order valence-corrected chi connectivity index (χ2v) is 2.87. The minimum atomic E-state index is -0.582. The summed E-state index contributed by atoms with van der Waals surface area (Å²) in [6.07, 6.45) is 1.20. The summed E-state index contributed by atoms with van der Waals surface area (Å²) in [5.74, 6) is -1.07. The third-order valence-corrected chi connectivity index (χ3v) is 1.85. The van der Waals surface area contributed by atoms with Crippen molar-refractivity contribution in [3.05, 3.63) is 47.7 Å². The molecule has 0 aliphatic rings. The molecule has 0 atom stereocenters. The van der Waals surface area contributed by atoms with E-state index in [0.717, 1.165) is 12.1 Å². The van der Waals surface area contributed by atoms with Gasteiger partial charge < -0.3 is 0 Å². The van der Waals surface area contributed by atoms with E-state index in [-0.39, 0.29) is 17.0 Å². The molecule has 1 aromatic rings. The minimum absolute atomic E-state index is 0.0152. The highest BCUT2D eigenvalue weighted by atomic mass is 19.1. The Balaban J connectivity index is 3.36. The van der Waals surface area contributed by atoms with Gasteiger partial charge in [-0.3, -0.25) is 0 Å². The fourth-order valence-electron chi connectivity index (χ4n) is 1.10. The van der Waals surface area contributed by atoms with Gasteiger partial charge in [-0.05, 0) is 31.3 Å². The molecule has 0 spiro atoms. The second-order valence-electron chi connectivity index (χ2n) is 2.87. The first-order valence-electron chi connectivity index (χ1n) is 4.21. The maximum Gasteiger partial charge on any atom is 0.161 e. The van der Waals surface area contributed by atoms with Gasteiger partial charge in [-0.15, -0.1) is 0 Å². The standard InChI is InChI=1S/C11H10F2N2/c1-4-15-11(14-3)8-6-9(12)7(2)5-10(8)13/h4-6H,1,3H2,2H3. The zero-order valence-electron chi connectivity index (χ0n) is 8.30. The van der Waals surface area contributed by atoms with Gasteiger partial charge in [0.15, 0.2) is 5.84 Å². The van der Waals surface area contributed by atoms with Crippen LogP contribution >= 0.6 is 0 Å². The van der Waals surface area contributed by atoms with E-state index in [0.29, 0.717) is 0 Å². The maximum atomic E-state index is 13.4. The lowest BCUT2D eigenvalue weighted by molar-refractivity contribution is 0.590. The number of rotatable bonds is 2. The molecule has 1 rings (SSSR count). The fourth-order valence-corrected chi connectivity index (χ4v) is 1.10. The summed E-state index contributed by atoms with van der Waals surface area (Å²) in [6, 6.07) is 2.14. The largest absolute Gasteiger partial charge is 0.244 e. The highest BCUT2D eigenvalue weighted by Crippen LogP contribution is 2.15. The van der Waals surface area contributed by atoms with Crippen LogP contribution in [0.1, 0.15) is 11.1 Å².